The van der Waals surface area contributed by atoms with E-state index in [1.54, 1.807) is 6.20 Å². The van der Waals surface area contributed by atoms with E-state index in [9.17, 15) is 4.79 Å². The maximum Gasteiger partial charge on any atom is 0.254 e. The number of furan rings is 1. The van der Waals surface area contributed by atoms with Crippen LogP contribution >= 0.6 is 15.9 Å². The second-order valence-electron chi connectivity index (χ2n) is 5.77. The van der Waals surface area contributed by atoms with Gasteiger partial charge in [0, 0.05) is 27.0 Å². The van der Waals surface area contributed by atoms with Crippen molar-refractivity contribution in [1.82, 2.24) is 10.3 Å². The minimum absolute atomic E-state index is 0.132. The van der Waals surface area contributed by atoms with Gasteiger partial charge in [-0.2, -0.15) is 0 Å². The van der Waals surface area contributed by atoms with Crippen LogP contribution in [0.15, 0.2) is 63.6 Å². The summed E-state index contributed by atoms with van der Waals surface area (Å²) in [5, 5.41) is 4.92. The predicted molar refractivity (Wildman–Crippen MR) is 98.1 cm³/mol. The predicted octanol–water partition coefficient (Wildman–Crippen LogP) is 5.17. The SMILES string of the molecule is C[C@H](NC(=O)c1c[nH]c2ccc(Br)cc12)c1cc2ccccc2o1. The van der Waals surface area contributed by atoms with Crippen molar-refractivity contribution >= 4 is 43.7 Å². The lowest BCUT2D eigenvalue weighted by Crippen LogP contribution is -2.26. The van der Waals surface area contributed by atoms with Crippen molar-refractivity contribution in [3.05, 3.63) is 70.5 Å². The molecule has 5 heteroatoms. The number of halogens is 1. The molecular weight excluding hydrogens is 368 g/mol. The van der Waals surface area contributed by atoms with E-state index in [0.717, 1.165) is 32.1 Å². The molecule has 0 aliphatic carbocycles. The van der Waals surface area contributed by atoms with E-state index in [-0.39, 0.29) is 11.9 Å². The number of aromatic nitrogens is 1. The van der Waals surface area contributed by atoms with Gasteiger partial charge in [-0.3, -0.25) is 4.79 Å². The zero-order valence-electron chi connectivity index (χ0n) is 13.0. The summed E-state index contributed by atoms with van der Waals surface area (Å²) < 4.78 is 6.76. The minimum Gasteiger partial charge on any atom is -0.459 e. The number of aromatic amines is 1. The highest BCUT2D eigenvalue weighted by Crippen LogP contribution is 2.26. The Morgan fingerprint density at radius 1 is 1.21 bits per heavy atom. The first kappa shape index (κ1) is 15.0. The van der Waals surface area contributed by atoms with Crippen molar-refractivity contribution < 1.29 is 9.21 Å². The highest BCUT2D eigenvalue weighted by molar-refractivity contribution is 9.10. The third kappa shape index (κ3) is 2.61. The molecule has 4 aromatic rings. The molecule has 2 heterocycles. The minimum atomic E-state index is -0.220. The number of fused-ring (bicyclic) bond motifs is 2. The largest absolute Gasteiger partial charge is 0.459 e. The number of H-pyrrole nitrogens is 1. The quantitative estimate of drug-likeness (QED) is 0.513. The molecule has 2 N–H and O–H groups in total. The summed E-state index contributed by atoms with van der Waals surface area (Å²) in [7, 11) is 0. The van der Waals surface area contributed by atoms with Crippen molar-refractivity contribution in [2.24, 2.45) is 0 Å². The van der Waals surface area contributed by atoms with Gasteiger partial charge in [0.05, 0.1) is 11.6 Å². The summed E-state index contributed by atoms with van der Waals surface area (Å²) in [5.74, 6) is 0.609. The lowest BCUT2D eigenvalue weighted by molar-refractivity contribution is 0.0937. The summed E-state index contributed by atoms with van der Waals surface area (Å²) in [6, 6.07) is 15.4. The maximum atomic E-state index is 12.6. The molecule has 1 atom stereocenters. The van der Waals surface area contributed by atoms with Crippen molar-refractivity contribution in [2.45, 2.75) is 13.0 Å². The zero-order chi connectivity index (χ0) is 16.7. The van der Waals surface area contributed by atoms with Gasteiger partial charge in [0.25, 0.3) is 5.91 Å². The first-order chi connectivity index (χ1) is 11.6. The molecule has 0 spiro atoms. The van der Waals surface area contributed by atoms with Crippen LogP contribution in [0.4, 0.5) is 0 Å². The number of amides is 1. The summed E-state index contributed by atoms with van der Waals surface area (Å²) in [4.78, 5) is 15.8. The lowest BCUT2D eigenvalue weighted by atomic mass is 10.1. The number of nitrogens with one attached hydrogen (secondary N) is 2. The van der Waals surface area contributed by atoms with Crippen molar-refractivity contribution in [1.29, 1.82) is 0 Å². The van der Waals surface area contributed by atoms with Crippen LogP contribution in [0.1, 0.15) is 29.1 Å². The smallest absolute Gasteiger partial charge is 0.254 e. The van der Waals surface area contributed by atoms with Crippen LogP contribution < -0.4 is 5.32 Å². The zero-order valence-corrected chi connectivity index (χ0v) is 14.6. The molecule has 4 nitrogen and oxygen atoms in total. The second-order valence-corrected chi connectivity index (χ2v) is 6.69. The molecule has 0 saturated heterocycles. The highest BCUT2D eigenvalue weighted by Gasteiger charge is 2.18. The van der Waals surface area contributed by atoms with Crippen LogP contribution in [0.5, 0.6) is 0 Å². The fourth-order valence-electron chi connectivity index (χ4n) is 2.84. The molecule has 0 fully saturated rings. The topological polar surface area (TPSA) is 58.0 Å². The molecular formula is C19H15BrN2O2. The molecule has 0 aliphatic rings. The molecule has 120 valence electrons. The summed E-state index contributed by atoms with van der Waals surface area (Å²) in [5.41, 5.74) is 2.37. The normalized spacial score (nSPS) is 12.6. The number of carbonyl (C=O) groups is 1. The molecule has 0 bridgehead atoms. The third-order valence-corrected chi connectivity index (χ3v) is 4.60. The van der Waals surface area contributed by atoms with Gasteiger partial charge < -0.3 is 14.7 Å². The van der Waals surface area contributed by atoms with Gasteiger partial charge in [0.15, 0.2) is 0 Å². The molecule has 2 aromatic carbocycles. The molecule has 0 radical (unpaired) electrons. The van der Waals surface area contributed by atoms with Crippen molar-refractivity contribution in [3.63, 3.8) is 0 Å². The standard InChI is InChI=1S/C19H15BrN2O2/c1-11(18-8-12-4-2-3-5-17(12)24-18)22-19(23)15-10-21-16-7-6-13(20)9-14(15)16/h2-11,21H,1H3,(H,22,23)/t11-/m0/s1. The number of hydrogen-bond donors (Lipinski definition) is 2. The number of carbonyl (C=O) groups excluding carboxylic acids is 1. The van der Waals surface area contributed by atoms with Crippen LogP contribution in [-0.2, 0) is 0 Å². The van der Waals surface area contributed by atoms with E-state index in [2.05, 4.69) is 26.2 Å². The van der Waals surface area contributed by atoms with E-state index in [4.69, 9.17) is 4.42 Å². The monoisotopic (exact) mass is 382 g/mol. The van der Waals surface area contributed by atoms with Crippen molar-refractivity contribution in [2.75, 3.05) is 0 Å². The molecule has 0 unspecified atom stereocenters. The van der Waals surface area contributed by atoms with Crippen LogP contribution in [0, 0.1) is 0 Å². The molecule has 24 heavy (non-hydrogen) atoms. The van der Waals surface area contributed by atoms with E-state index >= 15 is 0 Å². The Morgan fingerprint density at radius 3 is 2.88 bits per heavy atom. The Hall–Kier alpha value is -2.53. The van der Waals surface area contributed by atoms with Gasteiger partial charge in [-0.05, 0) is 37.3 Å². The Bertz CT molecular complexity index is 1010. The van der Waals surface area contributed by atoms with Gasteiger partial charge >= 0.3 is 0 Å². The van der Waals surface area contributed by atoms with Gasteiger partial charge in [-0.25, -0.2) is 0 Å². The fourth-order valence-corrected chi connectivity index (χ4v) is 3.20. The average Bonchev–Trinajstić information content (AvgIpc) is 3.18. The Morgan fingerprint density at radius 2 is 2.04 bits per heavy atom. The molecule has 4 rings (SSSR count). The van der Waals surface area contributed by atoms with E-state index in [0.29, 0.717) is 5.56 Å². The Balaban J connectivity index is 1.61. The van der Waals surface area contributed by atoms with Crippen LogP contribution in [0.2, 0.25) is 0 Å². The number of hydrogen-bond acceptors (Lipinski definition) is 2. The lowest BCUT2D eigenvalue weighted by Gasteiger charge is -2.10. The first-order valence-corrected chi connectivity index (χ1v) is 8.47. The average molecular weight is 383 g/mol. The number of para-hydroxylation sites is 1. The molecule has 2 aromatic heterocycles. The molecule has 0 saturated carbocycles. The van der Waals surface area contributed by atoms with Crippen LogP contribution in [0.25, 0.3) is 21.9 Å². The first-order valence-electron chi connectivity index (χ1n) is 7.68. The maximum absolute atomic E-state index is 12.6. The van der Waals surface area contributed by atoms with Gasteiger partial charge in [-0.15, -0.1) is 0 Å². The van der Waals surface area contributed by atoms with E-state index < -0.39 is 0 Å². The third-order valence-electron chi connectivity index (χ3n) is 4.11. The van der Waals surface area contributed by atoms with Crippen molar-refractivity contribution in [3.8, 4) is 0 Å². The van der Waals surface area contributed by atoms with E-state index in [1.165, 1.54) is 0 Å². The highest BCUT2D eigenvalue weighted by atomic mass is 79.9. The van der Waals surface area contributed by atoms with Crippen LogP contribution in [-0.4, -0.2) is 10.9 Å². The second kappa shape index (κ2) is 5.83. The van der Waals surface area contributed by atoms with E-state index in [1.807, 2.05) is 55.5 Å². The summed E-state index contributed by atoms with van der Waals surface area (Å²) >= 11 is 3.45. The van der Waals surface area contributed by atoms with Gasteiger partial charge in [0.1, 0.15) is 11.3 Å². The van der Waals surface area contributed by atoms with Gasteiger partial charge in [0.2, 0.25) is 0 Å². The molecule has 0 aliphatic heterocycles. The number of rotatable bonds is 3. The number of benzene rings is 2. The molecule has 1 amide bonds. The Kier molecular flexibility index (Phi) is 3.65. The van der Waals surface area contributed by atoms with Crippen LogP contribution in [0.3, 0.4) is 0 Å². The fraction of sp³-hybridized carbons (Fsp3) is 0.105. The Labute approximate surface area is 147 Å². The van der Waals surface area contributed by atoms with Gasteiger partial charge in [-0.1, -0.05) is 34.1 Å². The summed E-state index contributed by atoms with van der Waals surface area (Å²) in [6.45, 7) is 1.92. The summed E-state index contributed by atoms with van der Waals surface area (Å²) in [6.07, 6.45) is 1.73.